The van der Waals surface area contributed by atoms with Gasteiger partial charge >= 0.3 is 0 Å². The van der Waals surface area contributed by atoms with E-state index in [9.17, 15) is 0 Å². The van der Waals surface area contributed by atoms with Crippen molar-refractivity contribution in [1.82, 2.24) is 15.0 Å². The van der Waals surface area contributed by atoms with E-state index >= 15 is 0 Å². The summed E-state index contributed by atoms with van der Waals surface area (Å²) in [5.74, 6) is 2.34. The molecule has 4 aromatic carbocycles. The Morgan fingerprint density at radius 2 is 1.45 bits per heavy atom. The molecule has 40 heavy (non-hydrogen) atoms. The van der Waals surface area contributed by atoms with Crippen molar-refractivity contribution in [2.24, 2.45) is 0 Å². The number of fused-ring (bicyclic) bond motifs is 4. The largest absolute Gasteiger partial charge is 0.461 e. The summed E-state index contributed by atoms with van der Waals surface area (Å²) in [6, 6.07) is 29.5. The molecule has 0 radical (unpaired) electrons. The second kappa shape index (κ2) is 9.63. The van der Waals surface area contributed by atoms with Crippen LogP contribution in [0.15, 0.2) is 112 Å². The van der Waals surface area contributed by atoms with E-state index in [1.807, 2.05) is 104 Å². The van der Waals surface area contributed by atoms with Crippen molar-refractivity contribution in [3.05, 3.63) is 126 Å². The van der Waals surface area contributed by atoms with Crippen LogP contribution in [0.25, 0.3) is 67.3 Å². The first-order valence-electron chi connectivity index (χ1n) is 12.8. The van der Waals surface area contributed by atoms with Crippen LogP contribution in [0.2, 0.25) is 5.02 Å². The van der Waals surface area contributed by atoms with E-state index in [0.29, 0.717) is 28.1 Å². The van der Waals surface area contributed by atoms with E-state index in [-0.39, 0.29) is 0 Å². The highest BCUT2D eigenvalue weighted by molar-refractivity contribution is 6.36. The number of nitrogens with zero attached hydrogens (tertiary/aromatic N) is 3. The molecular weight excluding hydrogens is 518 g/mol. The molecular formula is C34H22ClN3O2. The molecule has 0 saturated heterocycles. The minimum atomic E-state index is 0.473. The lowest BCUT2D eigenvalue weighted by atomic mass is 10.1. The Hall–Kier alpha value is -5.00. The Morgan fingerprint density at radius 3 is 2.30 bits per heavy atom. The third-order valence-corrected chi connectivity index (χ3v) is 7.24. The van der Waals surface area contributed by atoms with Crippen molar-refractivity contribution in [1.29, 1.82) is 0 Å². The first kappa shape index (κ1) is 24.1. The molecule has 3 heterocycles. The number of halogens is 1. The highest BCUT2D eigenvalue weighted by Gasteiger charge is 2.15. The maximum absolute atomic E-state index is 6.50. The van der Waals surface area contributed by atoms with E-state index in [2.05, 4.69) is 12.6 Å². The molecule has 6 heteroatoms. The minimum absolute atomic E-state index is 0.473. The number of hydrogen-bond acceptors (Lipinski definition) is 5. The quantitative estimate of drug-likeness (QED) is 0.204. The third-order valence-electron chi connectivity index (χ3n) is 6.93. The van der Waals surface area contributed by atoms with Crippen LogP contribution < -0.4 is 0 Å². The Bertz CT molecular complexity index is 2110. The summed E-state index contributed by atoms with van der Waals surface area (Å²) in [5.41, 5.74) is 5.60. The van der Waals surface area contributed by atoms with Gasteiger partial charge in [0.2, 0.25) is 0 Å². The predicted molar refractivity (Wildman–Crippen MR) is 162 cm³/mol. The van der Waals surface area contributed by atoms with Crippen LogP contribution in [-0.2, 0) is 0 Å². The molecule has 7 rings (SSSR count). The van der Waals surface area contributed by atoms with Crippen molar-refractivity contribution in [3.63, 3.8) is 0 Å². The zero-order chi connectivity index (χ0) is 27.2. The first-order chi connectivity index (χ1) is 19.5. The summed E-state index contributed by atoms with van der Waals surface area (Å²) in [7, 11) is 0. The fraction of sp³-hybridized carbons (Fsp3) is 0.0294. The lowest BCUT2D eigenvalue weighted by molar-refractivity contribution is 0.577. The van der Waals surface area contributed by atoms with Crippen molar-refractivity contribution < 1.29 is 8.83 Å². The Labute approximate surface area is 235 Å². The Balaban J connectivity index is 1.33. The van der Waals surface area contributed by atoms with Crippen molar-refractivity contribution in [2.45, 2.75) is 6.92 Å². The van der Waals surface area contributed by atoms with Gasteiger partial charge in [0.1, 0.15) is 22.5 Å². The fourth-order valence-corrected chi connectivity index (χ4v) is 5.20. The molecule has 5 nitrogen and oxygen atoms in total. The molecule has 0 atom stereocenters. The third kappa shape index (κ3) is 4.17. The predicted octanol–water partition coefficient (Wildman–Crippen LogP) is 9.54. The molecule has 0 fully saturated rings. The number of para-hydroxylation sites is 1. The number of allylic oxidation sites excluding steroid dienone is 2. The van der Waals surface area contributed by atoms with E-state index in [0.717, 1.165) is 55.4 Å². The van der Waals surface area contributed by atoms with E-state index in [1.54, 1.807) is 0 Å². The zero-order valence-electron chi connectivity index (χ0n) is 21.6. The van der Waals surface area contributed by atoms with Gasteiger partial charge in [0.25, 0.3) is 0 Å². The van der Waals surface area contributed by atoms with Gasteiger partial charge in [-0.25, -0.2) is 15.0 Å². The first-order valence-corrected chi connectivity index (χ1v) is 13.2. The number of rotatable bonds is 5. The topological polar surface area (TPSA) is 65.0 Å². The normalized spacial score (nSPS) is 11.8. The standard InChI is InChI=1S/C34H22ClN3O2/c1-20(15-17-24-21(2)39-29-14-8-12-27(35)31(24)29)32-36-33(22-9-4-3-5-10-22)38-34(37-32)23-16-18-26-25-11-6-7-13-28(25)40-30(26)19-23/h3-19H,1H2,2H3/b17-15-. The van der Waals surface area contributed by atoms with Crippen LogP contribution in [-0.4, -0.2) is 15.0 Å². The van der Waals surface area contributed by atoms with E-state index in [4.69, 9.17) is 35.4 Å². The summed E-state index contributed by atoms with van der Waals surface area (Å²) in [6.07, 6.45) is 3.83. The van der Waals surface area contributed by atoms with Gasteiger partial charge in [-0.05, 0) is 37.3 Å². The van der Waals surface area contributed by atoms with Crippen molar-refractivity contribution in [3.8, 4) is 22.8 Å². The Morgan fingerprint density at radius 1 is 0.725 bits per heavy atom. The molecule has 192 valence electrons. The van der Waals surface area contributed by atoms with Gasteiger partial charge in [0.05, 0.1) is 5.02 Å². The average molecular weight is 540 g/mol. The van der Waals surface area contributed by atoms with Crippen LogP contribution in [0.3, 0.4) is 0 Å². The van der Waals surface area contributed by atoms with E-state index < -0.39 is 0 Å². The molecule has 0 bridgehead atoms. The number of aryl methyl sites for hydroxylation is 1. The molecule has 0 aliphatic heterocycles. The highest BCUT2D eigenvalue weighted by Crippen LogP contribution is 2.34. The minimum Gasteiger partial charge on any atom is -0.461 e. The van der Waals surface area contributed by atoms with Gasteiger partial charge in [-0.1, -0.05) is 91.0 Å². The summed E-state index contributed by atoms with van der Waals surface area (Å²) in [4.78, 5) is 14.4. The van der Waals surface area contributed by atoms with Crippen LogP contribution >= 0.6 is 11.6 Å². The maximum atomic E-state index is 6.50. The van der Waals surface area contributed by atoms with Crippen LogP contribution in [0.4, 0.5) is 0 Å². The number of benzene rings is 4. The molecule has 0 aliphatic carbocycles. The van der Waals surface area contributed by atoms with Crippen molar-refractivity contribution in [2.75, 3.05) is 0 Å². The van der Waals surface area contributed by atoms with Gasteiger partial charge in [-0.15, -0.1) is 0 Å². The van der Waals surface area contributed by atoms with Gasteiger partial charge in [-0.3, -0.25) is 0 Å². The second-order valence-electron chi connectivity index (χ2n) is 9.52. The number of aromatic nitrogens is 3. The molecule has 0 N–H and O–H groups in total. The number of furan rings is 2. The fourth-order valence-electron chi connectivity index (χ4n) is 4.94. The van der Waals surface area contributed by atoms with Crippen molar-refractivity contribution >= 4 is 56.2 Å². The molecule has 7 aromatic rings. The van der Waals surface area contributed by atoms with Crippen LogP contribution in [0.1, 0.15) is 17.1 Å². The van der Waals surface area contributed by atoms with Gasteiger partial charge in [0.15, 0.2) is 17.5 Å². The second-order valence-corrected chi connectivity index (χ2v) is 9.93. The highest BCUT2D eigenvalue weighted by atomic mass is 35.5. The van der Waals surface area contributed by atoms with Crippen LogP contribution in [0, 0.1) is 6.92 Å². The smallest absolute Gasteiger partial charge is 0.164 e. The maximum Gasteiger partial charge on any atom is 0.164 e. The average Bonchev–Trinajstić information content (AvgIpc) is 3.53. The molecule has 0 spiro atoms. The lowest BCUT2D eigenvalue weighted by Crippen LogP contribution is -2.01. The lowest BCUT2D eigenvalue weighted by Gasteiger charge is -2.08. The Kier molecular flexibility index (Phi) is 5.80. The van der Waals surface area contributed by atoms with Gasteiger partial charge in [0, 0.05) is 38.4 Å². The molecule has 0 unspecified atom stereocenters. The zero-order valence-corrected chi connectivity index (χ0v) is 22.3. The summed E-state index contributed by atoms with van der Waals surface area (Å²) < 4.78 is 12.0. The summed E-state index contributed by atoms with van der Waals surface area (Å²) in [6.45, 7) is 6.20. The molecule has 0 saturated carbocycles. The summed E-state index contributed by atoms with van der Waals surface area (Å²) in [5, 5.41) is 3.62. The SMILES string of the molecule is C=C(/C=C\c1c(C)oc2cccc(Cl)c12)c1nc(-c2ccccc2)nc(-c2ccc3c(c2)oc2ccccc23)n1. The van der Waals surface area contributed by atoms with Gasteiger partial charge < -0.3 is 8.83 Å². The number of hydrogen-bond donors (Lipinski definition) is 0. The molecule has 0 aliphatic rings. The van der Waals surface area contributed by atoms with Gasteiger partial charge in [-0.2, -0.15) is 0 Å². The molecule has 3 aromatic heterocycles. The van der Waals surface area contributed by atoms with E-state index in [1.165, 1.54) is 0 Å². The monoisotopic (exact) mass is 539 g/mol. The van der Waals surface area contributed by atoms with Crippen LogP contribution in [0.5, 0.6) is 0 Å². The molecule has 0 amide bonds. The summed E-state index contributed by atoms with van der Waals surface area (Å²) >= 11 is 6.50.